The number of carbonyl (C=O) groups is 4. The van der Waals surface area contributed by atoms with Gasteiger partial charge in [0.2, 0.25) is 5.91 Å². The minimum absolute atomic E-state index is 0.0410. The summed E-state index contributed by atoms with van der Waals surface area (Å²) >= 11 is 3.61. The first-order valence-corrected chi connectivity index (χ1v) is 15.0. The van der Waals surface area contributed by atoms with Gasteiger partial charge in [-0.3, -0.25) is 19.2 Å². The molecular formula is C35H34BrN3O5. The second-order valence-corrected chi connectivity index (χ2v) is 11.6. The topological polar surface area (TPSA) is 96.0 Å². The number of para-hydroxylation sites is 2. The van der Waals surface area contributed by atoms with Gasteiger partial charge >= 0.3 is 0 Å². The van der Waals surface area contributed by atoms with Gasteiger partial charge in [0.25, 0.3) is 11.8 Å². The van der Waals surface area contributed by atoms with E-state index in [0.717, 1.165) is 20.8 Å². The third-order valence-corrected chi connectivity index (χ3v) is 8.55. The third-order valence-electron chi connectivity index (χ3n) is 7.86. The fraction of sp³-hybridized carbons (Fsp3) is 0.257. The van der Waals surface area contributed by atoms with E-state index in [9.17, 15) is 19.2 Å². The van der Waals surface area contributed by atoms with Gasteiger partial charge in [0, 0.05) is 31.2 Å². The number of methoxy groups -OCH3 is 1. The molecule has 0 fully saturated rings. The Hall–Kier alpha value is -4.50. The second-order valence-electron chi connectivity index (χ2n) is 10.7. The molecule has 2 atom stereocenters. The van der Waals surface area contributed by atoms with Crippen LogP contribution in [0.5, 0.6) is 5.75 Å². The summed E-state index contributed by atoms with van der Waals surface area (Å²) in [6.45, 7) is 0.406. The van der Waals surface area contributed by atoms with Gasteiger partial charge in [-0.2, -0.15) is 0 Å². The van der Waals surface area contributed by atoms with Gasteiger partial charge in [0.15, 0.2) is 5.78 Å². The highest BCUT2D eigenvalue weighted by molar-refractivity contribution is 9.10. The standard InChI is InChI=1S/C35H34BrN3O5/c1-5-21(2)33(41)37-29-20-39(34(42)24-15-13-23(14-16-24)22(3)40)31-12-7-6-11-30(31)38(35(29)43)19-27-25-9-8-10-28(36)26(25)17-18-32(27)44-4/h6-18,21,29H,5,19-20H2,1-4H3,(H,37,41)/t21-,29+/m1/s1/i1D3. The summed E-state index contributed by atoms with van der Waals surface area (Å²) in [7, 11) is 1.55. The Morgan fingerprint density at radius 3 is 2.36 bits per heavy atom. The van der Waals surface area contributed by atoms with Crippen LogP contribution in [0.4, 0.5) is 11.4 Å². The molecule has 0 bridgehead atoms. The highest BCUT2D eigenvalue weighted by atomic mass is 79.9. The zero-order valence-electron chi connectivity index (χ0n) is 27.6. The van der Waals surface area contributed by atoms with Gasteiger partial charge in [-0.25, -0.2) is 0 Å². The van der Waals surface area contributed by atoms with Crippen LogP contribution in [0.1, 0.15) is 57.5 Å². The van der Waals surface area contributed by atoms with Crippen LogP contribution in [0.3, 0.4) is 0 Å². The third kappa shape index (κ3) is 5.97. The van der Waals surface area contributed by atoms with Crippen molar-refractivity contribution in [2.45, 2.75) is 39.7 Å². The Morgan fingerprint density at radius 1 is 0.977 bits per heavy atom. The molecule has 1 aliphatic rings. The van der Waals surface area contributed by atoms with Crippen LogP contribution < -0.4 is 19.9 Å². The number of benzene rings is 4. The molecule has 0 spiro atoms. The summed E-state index contributed by atoms with van der Waals surface area (Å²) < 4.78 is 29.5. The van der Waals surface area contributed by atoms with E-state index >= 15 is 0 Å². The van der Waals surface area contributed by atoms with Crippen LogP contribution in [0.2, 0.25) is 0 Å². The lowest BCUT2D eigenvalue weighted by atomic mass is 10.0. The maximum Gasteiger partial charge on any atom is 0.258 e. The number of Topliss-reactive ketones (excluding diaryl/α,β-unsaturated/α-hetero) is 1. The maximum absolute atomic E-state index is 14.6. The molecule has 44 heavy (non-hydrogen) atoms. The zero-order valence-corrected chi connectivity index (χ0v) is 26.2. The molecule has 0 aliphatic carbocycles. The van der Waals surface area contributed by atoms with Gasteiger partial charge in [-0.05, 0) is 66.6 Å². The molecule has 1 heterocycles. The minimum Gasteiger partial charge on any atom is -0.496 e. The summed E-state index contributed by atoms with van der Waals surface area (Å²) in [5.41, 5.74) is 2.33. The second kappa shape index (κ2) is 13.0. The minimum atomic E-state index is -2.35. The zero-order chi connectivity index (χ0) is 34.0. The summed E-state index contributed by atoms with van der Waals surface area (Å²) in [5.74, 6) is -2.05. The van der Waals surface area contributed by atoms with E-state index in [1.165, 1.54) is 23.6 Å². The fourth-order valence-corrected chi connectivity index (χ4v) is 5.83. The van der Waals surface area contributed by atoms with Crippen molar-refractivity contribution < 1.29 is 28.0 Å². The van der Waals surface area contributed by atoms with E-state index in [1.54, 1.807) is 55.6 Å². The van der Waals surface area contributed by atoms with Crippen molar-refractivity contribution in [2.24, 2.45) is 5.92 Å². The first-order valence-electron chi connectivity index (χ1n) is 15.7. The number of hydrogen-bond acceptors (Lipinski definition) is 5. The van der Waals surface area contributed by atoms with Crippen LogP contribution >= 0.6 is 15.9 Å². The number of carbonyl (C=O) groups excluding carboxylic acids is 4. The Bertz CT molecular complexity index is 1860. The lowest BCUT2D eigenvalue weighted by Gasteiger charge is -2.27. The molecule has 0 aromatic heterocycles. The lowest BCUT2D eigenvalue weighted by molar-refractivity contribution is -0.129. The average Bonchev–Trinajstić information content (AvgIpc) is 3.14. The summed E-state index contributed by atoms with van der Waals surface area (Å²) in [5, 5.41) is 4.52. The number of nitrogens with zero attached hydrogens (tertiary/aromatic N) is 2. The van der Waals surface area contributed by atoms with E-state index in [0.29, 0.717) is 22.7 Å². The van der Waals surface area contributed by atoms with Crippen molar-refractivity contribution in [1.82, 2.24) is 5.32 Å². The van der Waals surface area contributed by atoms with Crippen LogP contribution in [-0.2, 0) is 16.1 Å². The highest BCUT2D eigenvalue weighted by Crippen LogP contribution is 2.38. The number of anilines is 2. The van der Waals surface area contributed by atoms with Crippen LogP contribution in [0.15, 0.2) is 83.3 Å². The number of fused-ring (bicyclic) bond motifs is 2. The normalized spacial score (nSPS) is 16.7. The largest absolute Gasteiger partial charge is 0.496 e. The van der Waals surface area contributed by atoms with Gasteiger partial charge in [0.1, 0.15) is 11.8 Å². The van der Waals surface area contributed by atoms with Crippen molar-refractivity contribution in [2.75, 3.05) is 23.5 Å². The lowest BCUT2D eigenvalue weighted by Crippen LogP contribution is -2.53. The van der Waals surface area contributed by atoms with Crippen LogP contribution in [0, 0.1) is 5.92 Å². The van der Waals surface area contributed by atoms with Gasteiger partial charge in [-0.15, -0.1) is 0 Å². The van der Waals surface area contributed by atoms with E-state index in [1.807, 2.05) is 30.3 Å². The molecule has 226 valence electrons. The SMILES string of the molecule is [2H]C([2H])([2H])C[C@@H](C)C(=O)N[C@H]1CN(C(=O)c2ccc(C(C)=O)cc2)c2ccccc2N(Cc2c(OC)ccc3c(Br)cccc23)C1=O. The molecule has 1 N–H and O–H groups in total. The molecule has 0 radical (unpaired) electrons. The number of nitrogens with one attached hydrogen (secondary N) is 1. The average molecular weight is 660 g/mol. The predicted octanol–water partition coefficient (Wildman–Crippen LogP) is 6.54. The van der Waals surface area contributed by atoms with Crippen molar-refractivity contribution in [3.8, 4) is 5.75 Å². The quantitative estimate of drug-likeness (QED) is 0.217. The van der Waals surface area contributed by atoms with Crippen LogP contribution in [0.25, 0.3) is 10.8 Å². The number of rotatable bonds is 8. The Labute approximate surface area is 269 Å². The molecule has 8 nitrogen and oxygen atoms in total. The van der Waals surface area contributed by atoms with Gasteiger partial charge in [0.05, 0.1) is 31.6 Å². The predicted molar refractivity (Wildman–Crippen MR) is 175 cm³/mol. The Balaban J connectivity index is 1.63. The van der Waals surface area contributed by atoms with E-state index in [-0.39, 0.29) is 30.9 Å². The number of hydrogen-bond donors (Lipinski definition) is 1. The molecule has 0 unspecified atom stereocenters. The summed E-state index contributed by atoms with van der Waals surface area (Å²) in [6, 6.07) is 21.5. The molecule has 4 aromatic carbocycles. The van der Waals surface area contributed by atoms with Crippen molar-refractivity contribution >= 4 is 61.6 Å². The molecule has 0 saturated heterocycles. The van der Waals surface area contributed by atoms with Crippen LogP contribution in [-0.4, -0.2) is 43.2 Å². The molecule has 3 amide bonds. The number of ketones is 1. The Kier molecular flexibility index (Phi) is 8.01. The first kappa shape index (κ1) is 27.1. The first-order chi connectivity index (χ1) is 22.3. The highest BCUT2D eigenvalue weighted by Gasteiger charge is 2.38. The number of amides is 3. The monoisotopic (exact) mass is 658 g/mol. The molecule has 4 aromatic rings. The maximum atomic E-state index is 14.6. The van der Waals surface area contributed by atoms with E-state index in [2.05, 4.69) is 21.2 Å². The number of halogens is 1. The summed E-state index contributed by atoms with van der Waals surface area (Å²) in [4.78, 5) is 56.9. The smallest absolute Gasteiger partial charge is 0.258 e. The summed E-state index contributed by atoms with van der Waals surface area (Å²) in [6.07, 6.45) is -0.378. The Morgan fingerprint density at radius 2 is 1.68 bits per heavy atom. The molecule has 0 saturated carbocycles. The van der Waals surface area contributed by atoms with E-state index in [4.69, 9.17) is 8.85 Å². The van der Waals surface area contributed by atoms with Gasteiger partial charge in [-0.1, -0.05) is 66.1 Å². The van der Waals surface area contributed by atoms with Crippen molar-refractivity contribution in [3.63, 3.8) is 0 Å². The van der Waals surface area contributed by atoms with Crippen molar-refractivity contribution in [3.05, 3.63) is 100 Å². The molecule has 5 rings (SSSR count). The molecule has 9 heteroatoms. The van der Waals surface area contributed by atoms with Gasteiger partial charge < -0.3 is 19.9 Å². The molecular weight excluding hydrogens is 622 g/mol. The molecule has 1 aliphatic heterocycles. The van der Waals surface area contributed by atoms with Crippen molar-refractivity contribution in [1.29, 1.82) is 0 Å². The number of ether oxygens (including phenoxy) is 1. The fourth-order valence-electron chi connectivity index (χ4n) is 5.33. The van der Waals surface area contributed by atoms with E-state index < -0.39 is 36.5 Å².